The Morgan fingerprint density at radius 1 is 1.45 bits per heavy atom. The molecule has 3 N–H and O–H groups in total. The highest BCUT2D eigenvalue weighted by atomic mass is 35.5. The summed E-state index contributed by atoms with van der Waals surface area (Å²) in [5.41, 5.74) is 7.78. The Morgan fingerprint density at radius 2 is 2.20 bits per heavy atom. The van der Waals surface area contributed by atoms with Gasteiger partial charge in [-0.2, -0.15) is 5.26 Å². The molecule has 20 heavy (non-hydrogen) atoms. The molecule has 1 amide bonds. The molecule has 0 radical (unpaired) electrons. The van der Waals surface area contributed by atoms with Crippen molar-refractivity contribution < 1.29 is 4.79 Å². The number of aryl methyl sites for hydroxylation is 1. The van der Waals surface area contributed by atoms with Crippen molar-refractivity contribution in [2.24, 2.45) is 0 Å². The first kappa shape index (κ1) is 13.8. The van der Waals surface area contributed by atoms with Crippen molar-refractivity contribution >= 4 is 28.9 Å². The summed E-state index contributed by atoms with van der Waals surface area (Å²) in [6, 6.07) is 8.19. The van der Waals surface area contributed by atoms with Gasteiger partial charge in [0.1, 0.15) is 6.07 Å². The summed E-state index contributed by atoms with van der Waals surface area (Å²) < 4.78 is 0. The van der Waals surface area contributed by atoms with Gasteiger partial charge in [-0.3, -0.25) is 9.78 Å². The molecule has 0 saturated carbocycles. The number of carbonyl (C=O) groups excluding carboxylic acids is 1. The maximum Gasteiger partial charge on any atom is 0.257 e. The molecule has 5 nitrogen and oxygen atoms in total. The Morgan fingerprint density at radius 3 is 2.90 bits per heavy atom. The molecule has 1 aromatic heterocycles. The van der Waals surface area contributed by atoms with E-state index < -0.39 is 0 Å². The van der Waals surface area contributed by atoms with E-state index in [0.29, 0.717) is 33.2 Å². The Bertz CT molecular complexity index is 722. The topological polar surface area (TPSA) is 91.8 Å². The molecule has 0 fully saturated rings. The fourth-order valence-corrected chi connectivity index (χ4v) is 1.83. The molecule has 0 saturated heterocycles. The van der Waals surface area contributed by atoms with Crippen molar-refractivity contribution in [3.05, 3.63) is 52.3 Å². The van der Waals surface area contributed by atoms with Gasteiger partial charge in [0, 0.05) is 5.69 Å². The molecule has 2 aromatic rings. The van der Waals surface area contributed by atoms with E-state index in [2.05, 4.69) is 10.3 Å². The zero-order chi connectivity index (χ0) is 14.7. The second-order valence-corrected chi connectivity index (χ2v) is 4.57. The molecule has 0 atom stereocenters. The molecular formula is C14H11ClN4O. The van der Waals surface area contributed by atoms with Crippen molar-refractivity contribution in [2.75, 3.05) is 11.1 Å². The molecule has 0 spiro atoms. The smallest absolute Gasteiger partial charge is 0.257 e. The monoisotopic (exact) mass is 286 g/mol. The molecule has 0 bridgehead atoms. The minimum atomic E-state index is -0.339. The molecular weight excluding hydrogens is 276 g/mol. The van der Waals surface area contributed by atoms with Gasteiger partial charge < -0.3 is 11.1 Å². The van der Waals surface area contributed by atoms with Crippen LogP contribution in [0.15, 0.2) is 30.5 Å². The lowest BCUT2D eigenvalue weighted by atomic mass is 10.1. The number of carbonyl (C=O) groups is 1. The number of hydrogen-bond acceptors (Lipinski definition) is 4. The fraction of sp³-hybridized carbons (Fsp3) is 0.0714. The van der Waals surface area contributed by atoms with Gasteiger partial charge in [0.15, 0.2) is 0 Å². The number of benzene rings is 1. The molecule has 0 aliphatic heterocycles. The summed E-state index contributed by atoms with van der Waals surface area (Å²) in [6.45, 7) is 1.72. The van der Waals surface area contributed by atoms with Crippen molar-refractivity contribution in [3.63, 3.8) is 0 Å². The van der Waals surface area contributed by atoms with Crippen LogP contribution in [0.25, 0.3) is 0 Å². The Balaban J connectivity index is 2.28. The number of nitrogens with two attached hydrogens (primary N) is 1. The molecule has 0 aliphatic carbocycles. The number of rotatable bonds is 2. The van der Waals surface area contributed by atoms with E-state index in [0.717, 1.165) is 0 Å². The summed E-state index contributed by atoms with van der Waals surface area (Å²) in [6.07, 6.45) is 1.49. The summed E-state index contributed by atoms with van der Waals surface area (Å²) >= 11 is 5.83. The maximum absolute atomic E-state index is 12.1. The van der Waals surface area contributed by atoms with Crippen molar-refractivity contribution in [2.45, 2.75) is 6.92 Å². The number of nitriles is 1. The number of amides is 1. The van der Waals surface area contributed by atoms with E-state index in [1.54, 1.807) is 25.1 Å². The molecule has 0 aliphatic rings. The van der Waals surface area contributed by atoms with E-state index >= 15 is 0 Å². The second kappa shape index (κ2) is 5.59. The summed E-state index contributed by atoms with van der Waals surface area (Å²) in [5.74, 6) is -0.339. The van der Waals surface area contributed by atoms with Crippen LogP contribution >= 0.6 is 11.6 Å². The van der Waals surface area contributed by atoms with Gasteiger partial charge in [-0.15, -0.1) is 0 Å². The number of nitrogen functional groups attached to an aromatic ring is 1. The molecule has 6 heteroatoms. The van der Waals surface area contributed by atoms with E-state index in [-0.39, 0.29) is 5.91 Å². The van der Waals surface area contributed by atoms with Gasteiger partial charge in [0.05, 0.1) is 33.7 Å². The third-order valence-electron chi connectivity index (χ3n) is 2.70. The normalized spacial score (nSPS) is 9.85. The third kappa shape index (κ3) is 2.87. The van der Waals surface area contributed by atoms with Crippen LogP contribution in [0, 0.1) is 18.3 Å². The predicted octanol–water partition coefficient (Wildman–Crippen LogP) is 2.75. The van der Waals surface area contributed by atoms with Gasteiger partial charge in [-0.1, -0.05) is 11.6 Å². The second-order valence-electron chi connectivity index (χ2n) is 4.16. The predicted molar refractivity (Wildman–Crippen MR) is 77.5 cm³/mol. The number of aromatic nitrogens is 1. The van der Waals surface area contributed by atoms with Crippen LogP contribution in [0.4, 0.5) is 11.4 Å². The summed E-state index contributed by atoms with van der Waals surface area (Å²) in [5, 5.41) is 11.9. The number of pyridine rings is 1. The Labute approximate surface area is 121 Å². The van der Waals surface area contributed by atoms with Crippen LogP contribution in [0.2, 0.25) is 5.02 Å². The standard InChI is InChI=1S/C14H11ClN4O/c1-8-12(5-10(17)7-18-8)14(20)19-11-2-3-13(15)9(4-11)6-16/h2-5,7H,17H2,1H3,(H,19,20). The summed E-state index contributed by atoms with van der Waals surface area (Å²) in [7, 11) is 0. The average molecular weight is 287 g/mol. The lowest BCUT2D eigenvalue weighted by Gasteiger charge is -2.08. The van der Waals surface area contributed by atoms with Gasteiger partial charge in [0.25, 0.3) is 5.91 Å². The van der Waals surface area contributed by atoms with Crippen LogP contribution < -0.4 is 11.1 Å². The minimum Gasteiger partial charge on any atom is -0.397 e. The first-order chi connectivity index (χ1) is 9.51. The van der Waals surface area contributed by atoms with E-state index in [1.807, 2.05) is 6.07 Å². The Hall–Kier alpha value is -2.58. The number of hydrogen-bond donors (Lipinski definition) is 2. The SMILES string of the molecule is Cc1ncc(N)cc1C(=O)Nc1ccc(Cl)c(C#N)c1. The number of anilines is 2. The van der Waals surface area contributed by atoms with Gasteiger partial charge in [-0.25, -0.2) is 0 Å². The lowest BCUT2D eigenvalue weighted by molar-refractivity contribution is 0.102. The van der Waals surface area contributed by atoms with E-state index in [1.165, 1.54) is 12.3 Å². The number of nitrogens with zero attached hydrogens (tertiary/aromatic N) is 2. The minimum absolute atomic E-state index is 0.298. The van der Waals surface area contributed by atoms with Crippen molar-refractivity contribution in [3.8, 4) is 6.07 Å². The van der Waals surface area contributed by atoms with Crippen LogP contribution in [0.5, 0.6) is 0 Å². The average Bonchev–Trinajstić information content (AvgIpc) is 2.43. The molecule has 0 unspecified atom stereocenters. The van der Waals surface area contributed by atoms with Crippen LogP contribution in [0.3, 0.4) is 0 Å². The van der Waals surface area contributed by atoms with Crippen molar-refractivity contribution in [1.29, 1.82) is 5.26 Å². The number of nitrogens with one attached hydrogen (secondary N) is 1. The lowest BCUT2D eigenvalue weighted by Crippen LogP contribution is -2.14. The zero-order valence-corrected chi connectivity index (χ0v) is 11.4. The molecule has 1 heterocycles. The molecule has 1 aromatic carbocycles. The highest BCUT2D eigenvalue weighted by Gasteiger charge is 2.11. The van der Waals surface area contributed by atoms with E-state index in [9.17, 15) is 4.79 Å². The highest BCUT2D eigenvalue weighted by Crippen LogP contribution is 2.20. The van der Waals surface area contributed by atoms with Gasteiger partial charge in [0.2, 0.25) is 0 Å². The fourth-order valence-electron chi connectivity index (χ4n) is 1.67. The zero-order valence-electron chi connectivity index (χ0n) is 10.6. The van der Waals surface area contributed by atoms with Gasteiger partial charge >= 0.3 is 0 Å². The largest absolute Gasteiger partial charge is 0.397 e. The molecule has 100 valence electrons. The first-order valence-electron chi connectivity index (χ1n) is 5.74. The third-order valence-corrected chi connectivity index (χ3v) is 3.03. The van der Waals surface area contributed by atoms with Crippen LogP contribution in [0.1, 0.15) is 21.6 Å². The van der Waals surface area contributed by atoms with E-state index in [4.69, 9.17) is 22.6 Å². The maximum atomic E-state index is 12.1. The summed E-state index contributed by atoms with van der Waals surface area (Å²) in [4.78, 5) is 16.2. The van der Waals surface area contributed by atoms with Crippen LogP contribution in [-0.2, 0) is 0 Å². The number of halogens is 1. The van der Waals surface area contributed by atoms with Gasteiger partial charge in [-0.05, 0) is 31.2 Å². The Kier molecular flexibility index (Phi) is 3.87. The highest BCUT2D eigenvalue weighted by molar-refractivity contribution is 6.31. The quantitative estimate of drug-likeness (QED) is 0.888. The van der Waals surface area contributed by atoms with Crippen molar-refractivity contribution in [1.82, 2.24) is 4.98 Å². The first-order valence-corrected chi connectivity index (χ1v) is 6.12. The van der Waals surface area contributed by atoms with Crippen LogP contribution in [-0.4, -0.2) is 10.9 Å². The molecule has 2 rings (SSSR count).